The van der Waals surface area contributed by atoms with E-state index in [1.807, 2.05) is 39.0 Å². The van der Waals surface area contributed by atoms with Crippen molar-refractivity contribution in [2.75, 3.05) is 5.32 Å². The second-order valence-electron chi connectivity index (χ2n) is 5.48. The summed E-state index contributed by atoms with van der Waals surface area (Å²) in [5, 5.41) is 3.19. The molecule has 21 heavy (non-hydrogen) atoms. The van der Waals surface area contributed by atoms with Crippen molar-refractivity contribution in [2.45, 2.75) is 27.7 Å². The van der Waals surface area contributed by atoms with Crippen LogP contribution in [0.2, 0.25) is 0 Å². The van der Waals surface area contributed by atoms with Crippen LogP contribution in [0.1, 0.15) is 32.6 Å². The Morgan fingerprint density at radius 1 is 0.905 bits per heavy atom. The maximum absolute atomic E-state index is 12.2. The molecule has 0 saturated carbocycles. The zero-order valence-electron chi connectivity index (χ0n) is 13.0. The lowest BCUT2D eigenvalue weighted by atomic mass is 10.0. The van der Waals surface area contributed by atoms with E-state index < -0.39 is 0 Å². The minimum absolute atomic E-state index is 0.0222. The minimum atomic E-state index is 0.0222. The van der Waals surface area contributed by atoms with Crippen LogP contribution in [0.4, 0.5) is 5.69 Å². The summed E-state index contributed by atoms with van der Waals surface area (Å²) in [7, 11) is 0. The number of aryl methyl sites for hydroxylation is 4. The van der Waals surface area contributed by atoms with Crippen molar-refractivity contribution in [3.05, 3.63) is 76.5 Å². The fourth-order valence-electron chi connectivity index (χ4n) is 2.19. The van der Waals surface area contributed by atoms with Crippen molar-refractivity contribution in [1.82, 2.24) is 0 Å². The highest BCUT2D eigenvalue weighted by atomic mass is 16.1. The van der Waals surface area contributed by atoms with Gasteiger partial charge < -0.3 is 5.32 Å². The number of hydrogen-bond acceptors (Lipinski definition) is 2. The molecule has 2 nitrogen and oxygen atoms in total. The summed E-state index contributed by atoms with van der Waals surface area (Å²) in [5.41, 5.74) is 6.23. The average Bonchev–Trinajstić information content (AvgIpc) is 2.45. The summed E-state index contributed by atoms with van der Waals surface area (Å²) in [6.07, 6.45) is 3.30. The number of nitrogens with one attached hydrogen (secondary N) is 1. The van der Waals surface area contributed by atoms with E-state index in [1.54, 1.807) is 12.3 Å². The molecule has 0 radical (unpaired) electrons. The number of allylic oxidation sites excluding steroid dienone is 1. The van der Waals surface area contributed by atoms with Crippen LogP contribution >= 0.6 is 0 Å². The summed E-state index contributed by atoms with van der Waals surface area (Å²) in [5.74, 6) is 0.0222. The number of carbonyl (C=O) groups excluding carboxylic acids is 1. The summed E-state index contributed by atoms with van der Waals surface area (Å²) >= 11 is 0. The predicted molar refractivity (Wildman–Crippen MR) is 88.9 cm³/mol. The number of carbonyl (C=O) groups is 1. The van der Waals surface area contributed by atoms with E-state index in [9.17, 15) is 4.79 Å². The first kappa shape index (κ1) is 15.0. The molecule has 0 bridgehead atoms. The molecule has 108 valence electrons. The molecule has 0 fully saturated rings. The average molecular weight is 279 g/mol. The lowest BCUT2D eigenvalue weighted by Crippen LogP contribution is -2.00. The Morgan fingerprint density at radius 2 is 1.52 bits per heavy atom. The summed E-state index contributed by atoms with van der Waals surface area (Å²) in [6.45, 7) is 8.05. The fourth-order valence-corrected chi connectivity index (χ4v) is 2.19. The monoisotopic (exact) mass is 279 g/mol. The Labute approximate surface area is 126 Å². The van der Waals surface area contributed by atoms with Gasteiger partial charge in [-0.2, -0.15) is 0 Å². The number of hydrogen-bond donors (Lipinski definition) is 1. The highest BCUT2D eigenvalue weighted by Crippen LogP contribution is 2.16. The van der Waals surface area contributed by atoms with Gasteiger partial charge in [0, 0.05) is 23.5 Å². The third kappa shape index (κ3) is 3.82. The van der Waals surface area contributed by atoms with Crippen LogP contribution in [0.15, 0.2) is 48.7 Å². The number of benzene rings is 2. The summed E-state index contributed by atoms with van der Waals surface area (Å²) in [6, 6.07) is 12.1. The largest absolute Gasteiger partial charge is 0.361 e. The molecule has 0 saturated heterocycles. The lowest BCUT2D eigenvalue weighted by Gasteiger charge is -2.07. The minimum Gasteiger partial charge on any atom is -0.361 e. The SMILES string of the molecule is Cc1ccc(C)c(N/C=C/C(=O)c2cc(C)ccc2C)c1. The molecule has 0 aliphatic rings. The maximum atomic E-state index is 12.2. The third-order valence-electron chi connectivity index (χ3n) is 3.53. The first-order valence-electron chi connectivity index (χ1n) is 7.09. The molecule has 0 spiro atoms. The van der Waals surface area contributed by atoms with E-state index in [-0.39, 0.29) is 5.78 Å². The summed E-state index contributed by atoms with van der Waals surface area (Å²) < 4.78 is 0. The van der Waals surface area contributed by atoms with Crippen molar-refractivity contribution < 1.29 is 4.79 Å². The van der Waals surface area contributed by atoms with E-state index in [1.165, 1.54) is 5.56 Å². The van der Waals surface area contributed by atoms with Crippen LogP contribution in [-0.2, 0) is 0 Å². The van der Waals surface area contributed by atoms with Crippen molar-refractivity contribution in [3.63, 3.8) is 0 Å². The van der Waals surface area contributed by atoms with Gasteiger partial charge in [0.05, 0.1) is 0 Å². The van der Waals surface area contributed by atoms with Crippen molar-refractivity contribution in [1.29, 1.82) is 0 Å². The normalized spacial score (nSPS) is 10.9. The number of rotatable bonds is 4. The Hall–Kier alpha value is -2.35. The van der Waals surface area contributed by atoms with E-state index in [2.05, 4.69) is 30.4 Å². The topological polar surface area (TPSA) is 29.1 Å². The fraction of sp³-hybridized carbons (Fsp3) is 0.211. The first-order chi connectivity index (χ1) is 9.97. The van der Waals surface area contributed by atoms with Crippen LogP contribution < -0.4 is 5.32 Å². The summed E-state index contributed by atoms with van der Waals surface area (Å²) in [4.78, 5) is 12.2. The van der Waals surface area contributed by atoms with Crippen molar-refractivity contribution in [3.8, 4) is 0 Å². The van der Waals surface area contributed by atoms with E-state index >= 15 is 0 Å². The Balaban J connectivity index is 2.12. The van der Waals surface area contributed by atoms with Gasteiger partial charge in [-0.05, 0) is 56.5 Å². The Bertz CT molecular complexity index is 699. The van der Waals surface area contributed by atoms with Crippen molar-refractivity contribution >= 4 is 11.5 Å². The molecule has 0 aliphatic heterocycles. The van der Waals surface area contributed by atoms with Crippen LogP contribution in [0.5, 0.6) is 0 Å². The quantitative estimate of drug-likeness (QED) is 0.647. The van der Waals surface area contributed by atoms with E-state index in [0.29, 0.717) is 0 Å². The van der Waals surface area contributed by atoms with Gasteiger partial charge >= 0.3 is 0 Å². The third-order valence-corrected chi connectivity index (χ3v) is 3.53. The molecule has 0 heterocycles. The molecule has 2 rings (SSSR count). The highest BCUT2D eigenvalue weighted by Gasteiger charge is 2.05. The van der Waals surface area contributed by atoms with Crippen LogP contribution in [-0.4, -0.2) is 5.78 Å². The van der Waals surface area contributed by atoms with Crippen LogP contribution in [0, 0.1) is 27.7 Å². The van der Waals surface area contributed by atoms with Crippen molar-refractivity contribution in [2.24, 2.45) is 0 Å². The molecule has 0 amide bonds. The van der Waals surface area contributed by atoms with E-state index in [0.717, 1.165) is 27.9 Å². The van der Waals surface area contributed by atoms with Gasteiger partial charge in [-0.25, -0.2) is 0 Å². The molecular weight excluding hydrogens is 258 g/mol. The molecule has 0 aromatic heterocycles. The smallest absolute Gasteiger partial charge is 0.187 e. The molecule has 1 N–H and O–H groups in total. The van der Waals surface area contributed by atoms with E-state index in [4.69, 9.17) is 0 Å². The zero-order valence-corrected chi connectivity index (χ0v) is 13.0. The molecule has 2 heteroatoms. The number of anilines is 1. The van der Waals surface area contributed by atoms with Gasteiger partial charge in [-0.15, -0.1) is 0 Å². The van der Waals surface area contributed by atoms with Gasteiger partial charge in [0.25, 0.3) is 0 Å². The molecule has 0 atom stereocenters. The van der Waals surface area contributed by atoms with Gasteiger partial charge in [0.15, 0.2) is 5.78 Å². The molecule has 2 aromatic carbocycles. The van der Waals surface area contributed by atoms with Crippen LogP contribution in [0.3, 0.4) is 0 Å². The maximum Gasteiger partial charge on any atom is 0.187 e. The second-order valence-corrected chi connectivity index (χ2v) is 5.48. The zero-order chi connectivity index (χ0) is 15.4. The van der Waals surface area contributed by atoms with Gasteiger partial charge in [0.2, 0.25) is 0 Å². The van der Waals surface area contributed by atoms with Gasteiger partial charge in [-0.1, -0.05) is 29.8 Å². The Morgan fingerprint density at radius 3 is 2.24 bits per heavy atom. The molecule has 2 aromatic rings. The lowest BCUT2D eigenvalue weighted by molar-refractivity contribution is 0.104. The standard InChI is InChI=1S/C19H21NO/c1-13-5-7-15(3)17(11-13)19(21)9-10-20-18-12-14(2)6-8-16(18)4/h5-12,20H,1-4H3/b10-9+. The first-order valence-corrected chi connectivity index (χ1v) is 7.09. The molecular formula is C19H21NO. The molecule has 0 aliphatic carbocycles. The highest BCUT2D eigenvalue weighted by molar-refractivity contribution is 6.05. The van der Waals surface area contributed by atoms with Crippen LogP contribution in [0.25, 0.3) is 0 Å². The second kappa shape index (κ2) is 6.40. The number of ketones is 1. The predicted octanol–water partition coefficient (Wildman–Crippen LogP) is 4.73. The van der Waals surface area contributed by atoms with Gasteiger partial charge in [-0.3, -0.25) is 4.79 Å². The van der Waals surface area contributed by atoms with Gasteiger partial charge in [0.1, 0.15) is 0 Å². The molecule has 0 unspecified atom stereocenters. The Kier molecular flexibility index (Phi) is 4.59.